The number of carbonyl (C=O) groups is 1. The van der Waals surface area contributed by atoms with E-state index in [1.165, 1.54) is 6.07 Å². The summed E-state index contributed by atoms with van der Waals surface area (Å²) in [7, 11) is 0. The molecule has 1 aromatic rings. The highest BCUT2D eigenvalue weighted by Crippen LogP contribution is 2.41. The van der Waals surface area contributed by atoms with E-state index in [2.05, 4.69) is 0 Å². The molecule has 2 N–H and O–H groups in total. The number of benzene rings is 1. The van der Waals surface area contributed by atoms with Gasteiger partial charge in [-0.25, -0.2) is 4.39 Å². The summed E-state index contributed by atoms with van der Waals surface area (Å²) < 4.78 is 14.0. The molecule has 0 bridgehead atoms. The van der Waals surface area contributed by atoms with Crippen molar-refractivity contribution in [2.24, 2.45) is 11.7 Å². The number of hydrogen-bond donors (Lipinski definition) is 1. The zero-order valence-electron chi connectivity index (χ0n) is 12.1. The number of halogens is 2. The molecule has 0 aliphatic heterocycles. The maximum absolute atomic E-state index is 14.0. The van der Waals surface area contributed by atoms with Crippen LogP contribution in [0.3, 0.4) is 0 Å². The number of rotatable bonds is 5. The van der Waals surface area contributed by atoms with Gasteiger partial charge in [0.15, 0.2) is 0 Å². The van der Waals surface area contributed by atoms with Gasteiger partial charge >= 0.3 is 0 Å². The summed E-state index contributed by atoms with van der Waals surface area (Å²) in [5.74, 6) is -0.194. The van der Waals surface area contributed by atoms with Gasteiger partial charge in [0.25, 0.3) is 0 Å². The monoisotopic (exact) mass is 310 g/mol. The second-order valence-electron chi connectivity index (χ2n) is 6.42. The molecule has 2 aliphatic carbocycles. The molecule has 2 aliphatic rings. The van der Waals surface area contributed by atoms with Crippen molar-refractivity contribution in [3.63, 3.8) is 0 Å². The van der Waals surface area contributed by atoms with Crippen molar-refractivity contribution < 1.29 is 9.18 Å². The number of hydrogen-bond acceptors (Lipinski definition) is 2. The quantitative estimate of drug-likeness (QED) is 0.908. The first-order valence-electron chi connectivity index (χ1n) is 7.44. The van der Waals surface area contributed by atoms with E-state index in [9.17, 15) is 9.18 Å². The lowest BCUT2D eigenvalue weighted by Crippen LogP contribution is -2.55. The van der Waals surface area contributed by atoms with Crippen LogP contribution in [0.4, 0.5) is 4.39 Å². The lowest BCUT2D eigenvalue weighted by Gasteiger charge is -2.32. The zero-order chi connectivity index (χ0) is 15.2. The number of amides is 1. The minimum atomic E-state index is -0.847. The molecule has 1 unspecified atom stereocenters. The topological polar surface area (TPSA) is 46.3 Å². The first kappa shape index (κ1) is 14.8. The standard InChI is InChI=1S/C16H20ClFN2O/c1-16(19,10-5-6-10)15(21)20(11-7-8-11)9-12-13(17)3-2-4-14(12)18/h2-4,10-11H,5-9,19H2,1H3. The van der Waals surface area contributed by atoms with Crippen LogP contribution in [0.1, 0.15) is 38.2 Å². The van der Waals surface area contributed by atoms with Crippen molar-refractivity contribution in [2.45, 2.75) is 50.7 Å². The molecule has 1 aromatic carbocycles. The van der Waals surface area contributed by atoms with Crippen molar-refractivity contribution in [1.82, 2.24) is 4.90 Å². The van der Waals surface area contributed by atoms with E-state index in [4.69, 9.17) is 17.3 Å². The minimum absolute atomic E-state index is 0.0770. The Morgan fingerprint density at radius 2 is 2.10 bits per heavy atom. The molecule has 21 heavy (non-hydrogen) atoms. The van der Waals surface area contributed by atoms with Crippen molar-refractivity contribution >= 4 is 17.5 Å². The average molecular weight is 311 g/mol. The second-order valence-corrected chi connectivity index (χ2v) is 6.83. The highest BCUT2D eigenvalue weighted by atomic mass is 35.5. The van der Waals surface area contributed by atoms with Gasteiger partial charge in [0.2, 0.25) is 5.91 Å². The van der Waals surface area contributed by atoms with Gasteiger partial charge in [-0.15, -0.1) is 0 Å². The highest BCUT2D eigenvalue weighted by molar-refractivity contribution is 6.31. The lowest BCUT2D eigenvalue weighted by atomic mass is 9.95. The van der Waals surface area contributed by atoms with Crippen LogP contribution >= 0.6 is 11.6 Å². The Morgan fingerprint density at radius 1 is 1.43 bits per heavy atom. The maximum Gasteiger partial charge on any atom is 0.243 e. The molecule has 2 fully saturated rings. The highest BCUT2D eigenvalue weighted by Gasteiger charge is 2.48. The van der Waals surface area contributed by atoms with Crippen molar-refractivity contribution in [2.75, 3.05) is 0 Å². The van der Waals surface area contributed by atoms with Gasteiger partial charge < -0.3 is 10.6 Å². The fraction of sp³-hybridized carbons (Fsp3) is 0.562. The number of nitrogens with zero attached hydrogens (tertiary/aromatic N) is 1. The average Bonchev–Trinajstić information content (AvgIpc) is 3.29. The summed E-state index contributed by atoms with van der Waals surface area (Å²) >= 11 is 6.08. The Hall–Kier alpha value is -1.13. The molecule has 0 radical (unpaired) electrons. The first-order chi connectivity index (χ1) is 9.91. The van der Waals surface area contributed by atoms with Crippen molar-refractivity contribution in [3.05, 3.63) is 34.6 Å². The summed E-state index contributed by atoms with van der Waals surface area (Å²) in [6.45, 7) is 2.00. The van der Waals surface area contributed by atoms with Crippen LogP contribution in [0.2, 0.25) is 5.02 Å². The van der Waals surface area contributed by atoms with Gasteiger partial charge in [-0.1, -0.05) is 17.7 Å². The van der Waals surface area contributed by atoms with E-state index in [1.54, 1.807) is 24.0 Å². The second kappa shape index (κ2) is 5.25. The lowest BCUT2D eigenvalue weighted by molar-refractivity contribution is -0.138. The van der Waals surface area contributed by atoms with Crippen LogP contribution in [0.15, 0.2) is 18.2 Å². The normalized spacial score (nSPS) is 21.0. The van der Waals surface area contributed by atoms with Crippen molar-refractivity contribution in [1.29, 1.82) is 0 Å². The Kier molecular flexibility index (Phi) is 3.70. The number of nitrogens with two attached hydrogens (primary N) is 1. The molecule has 0 heterocycles. The van der Waals surface area contributed by atoms with Gasteiger partial charge in [-0.2, -0.15) is 0 Å². The van der Waals surface area contributed by atoms with E-state index in [-0.39, 0.29) is 30.2 Å². The molecule has 0 spiro atoms. The van der Waals surface area contributed by atoms with Crippen LogP contribution in [-0.4, -0.2) is 22.4 Å². The molecule has 2 saturated carbocycles. The SMILES string of the molecule is CC(N)(C(=O)N(Cc1c(F)cccc1Cl)C1CC1)C1CC1. The molecule has 0 saturated heterocycles. The van der Waals surface area contributed by atoms with E-state index in [1.807, 2.05) is 0 Å². The molecular formula is C16H20ClFN2O. The summed E-state index contributed by atoms with van der Waals surface area (Å²) in [5.41, 5.74) is 5.78. The van der Waals surface area contributed by atoms with Crippen LogP contribution in [0.25, 0.3) is 0 Å². The van der Waals surface area contributed by atoms with Crippen LogP contribution in [-0.2, 0) is 11.3 Å². The summed E-state index contributed by atoms with van der Waals surface area (Å²) in [6, 6.07) is 4.77. The Labute approximate surface area is 129 Å². The van der Waals surface area contributed by atoms with Crippen LogP contribution in [0.5, 0.6) is 0 Å². The predicted molar refractivity (Wildman–Crippen MR) is 80.3 cm³/mol. The van der Waals surface area contributed by atoms with Crippen LogP contribution in [0, 0.1) is 11.7 Å². The molecule has 3 rings (SSSR count). The largest absolute Gasteiger partial charge is 0.334 e. The molecule has 1 amide bonds. The fourth-order valence-electron chi connectivity index (χ4n) is 2.77. The molecule has 5 heteroatoms. The third-order valence-corrected chi connectivity index (χ3v) is 4.88. The molecule has 1 atom stereocenters. The van der Waals surface area contributed by atoms with Gasteiger partial charge in [-0.05, 0) is 50.7 Å². The third-order valence-electron chi connectivity index (χ3n) is 4.52. The van der Waals surface area contributed by atoms with Gasteiger partial charge in [0.1, 0.15) is 5.82 Å². The first-order valence-corrected chi connectivity index (χ1v) is 7.82. The Balaban J connectivity index is 1.84. The van der Waals surface area contributed by atoms with E-state index < -0.39 is 5.54 Å². The zero-order valence-corrected chi connectivity index (χ0v) is 12.9. The Bertz CT molecular complexity index is 547. The van der Waals surface area contributed by atoms with E-state index >= 15 is 0 Å². The molecule has 3 nitrogen and oxygen atoms in total. The third kappa shape index (κ3) is 2.92. The molecular weight excluding hydrogens is 291 g/mol. The van der Waals surface area contributed by atoms with Crippen LogP contribution < -0.4 is 5.73 Å². The summed E-state index contributed by atoms with van der Waals surface area (Å²) in [5, 5.41) is 0.360. The number of carbonyl (C=O) groups excluding carboxylic acids is 1. The molecule has 0 aromatic heterocycles. The summed E-state index contributed by atoms with van der Waals surface area (Å²) in [4.78, 5) is 14.5. The predicted octanol–water partition coefficient (Wildman–Crippen LogP) is 3.10. The van der Waals surface area contributed by atoms with Gasteiger partial charge in [0, 0.05) is 16.6 Å². The summed E-state index contributed by atoms with van der Waals surface area (Å²) in [6.07, 6.45) is 3.91. The van der Waals surface area contributed by atoms with E-state index in [0.717, 1.165) is 25.7 Å². The van der Waals surface area contributed by atoms with Crippen molar-refractivity contribution in [3.8, 4) is 0 Å². The van der Waals surface area contributed by atoms with Gasteiger partial charge in [-0.3, -0.25) is 4.79 Å². The fourth-order valence-corrected chi connectivity index (χ4v) is 3.00. The van der Waals surface area contributed by atoms with Gasteiger partial charge in [0.05, 0.1) is 12.1 Å². The molecule has 114 valence electrons. The van der Waals surface area contributed by atoms with E-state index in [0.29, 0.717) is 10.6 Å². The Morgan fingerprint density at radius 3 is 2.62 bits per heavy atom. The minimum Gasteiger partial charge on any atom is -0.334 e. The maximum atomic E-state index is 14.0. The smallest absolute Gasteiger partial charge is 0.243 e.